The van der Waals surface area contributed by atoms with E-state index in [4.69, 9.17) is 0 Å². The molecule has 0 saturated heterocycles. The van der Waals surface area contributed by atoms with Gasteiger partial charge in [-0.05, 0) is 42.0 Å². The van der Waals surface area contributed by atoms with E-state index in [1.165, 1.54) is 29.0 Å². The highest BCUT2D eigenvalue weighted by molar-refractivity contribution is 7.98. The number of thioether (sulfide) groups is 1. The Morgan fingerprint density at radius 2 is 2.35 bits per heavy atom. The summed E-state index contributed by atoms with van der Waals surface area (Å²) in [5.41, 5.74) is 4.26. The van der Waals surface area contributed by atoms with Gasteiger partial charge in [-0.2, -0.15) is 11.8 Å². The first-order valence-electron chi connectivity index (χ1n) is 6.35. The third-order valence-corrected chi connectivity index (χ3v) is 4.09. The molecule has 0 bridgehead atoms. The Labute approximate surface area is 109 Å². The summed E-state index contributed by atoms with van der Waals surface area (Å²) in [6, 6.07) is 6.63. The second kappa shape index (κ2) is 6.31. The first kappa shape index (κ1) is 12.8. The average molecular weight is 250 g/mol. The lowest BCUT2D eigenvalue weighted by Gasteiger charge is -2.13. The van der Waals surface area contributed by atoms with Crippen LogP contribution in [0.3, 0.4) is 0 Å². The van der Waals surface area contributed by atoms with Gasteiger partial charge in [-0.1, -0.05) is 25.1 Å². The molecule has 0 aromatic heterocycles. The van der Waals surface area contributed by atoms with Crippen molar-refractivity contribution in [3.05, 3.63) is 29.3 Å². The first-order valence-corrected chi connectivity index (χ1v) is 7.75. The van der Waals surface area contributed by atoms with E-state index in [-0.39, 0.29) is 0 Å². The van der Waals surface area contributed by atoms with Gasteiger partial charge in [0.2, 0.25) is 0 Å². The predicted molar refractivity (Wildman–Crippen MR) is 77.9 cm³/mol. The summed E-state index contributed by atoms with van der Waals surface area (Å²) in [6.45, 7) is 5.48. The number of benzene rings is 1. The summed E-state index contributed by atoms with van der Waals surface area (Å²) in [6.07, 6.45) is 3.34. The Kier molecular flexibility index (Phi) is 4.75. The molecule has 0 saturated carbocycles. The maximum atomic E-state index is 3.56. The molecule has 3 heteroatoms. The molecule has 1 aliphatic rings. The van der Waals surface area contributed by atoms with Crippen molar-refractivity contribution in [3.63, 3.8) is 0 Å². The number of fused-ring (bicyclic) bond motifs is 1. The number of rotatable bonds is 6. The van der Waals surface area contributed by atoms with Gasteiger partial charge >= 0.3 is 0 Å². The third-order valence-electron chi connectivity index (χ3n) is 3.19. The van der Waals surface area contributed by atoms with Crippen LogP contribution in [0.4, 0.5) is 5.69 Å². The van der Waals surface area contributed by atoms with Gasteiger partial charge in [0.15, 0.2) is 0 Å². The van der Waals surface area contributed by atoms with Crippen LogP contribution >= 0.6 is 11.8 Å². The van der Waals surface area contributed by atoms with Gasteiger partial charge in [0, 0.05) is 18.8 Å². The Hall–Kier alpha value is -0.670. The van der Waals surface area contributed by atoms with Gasteiger partial charge in [-0.25, -0.2) is 0 Å². The van der Waals surface area contributed by atoms with Crippen molar-refractivity contribution in [2.24, 2.45) is 5.92 Å². The van der Waals surface area contributed by atoms with Crippen LogP contribution in [0.2, 0.25) is 0 Å². The fourth-order valence-corrected chi connectivity index (χ4v) is 3.04. The molecule has 1 aliphatic heterocycles. The smallest absolute Gasteiger partial charge is 0.0419 e. The highest BCUT2D eigenvalue weighted by Crippen LogP contribution is 2.26. The molecule has 0 fully saturated rings. The number of hydrogen-bond acceptors (Lipinski definition) is 3. The van der Waals surface area contributed by atoms with E-state index in [0.29, 0.717) is 0 Å². The maximum absolute atomic E-state index is 3.56. The molecule has 1 atom stereocenters. The molecular formula is C14H22N2S. The molecule has 1 heterocycles. The zero-order valence-electron chi connectivity index (χ0n) is 10.8. The number of nitrogens with one attached hydrogen (secondary N) is 2. The largest absolute Gasteiger partial charge is 0.384 e. The van der Waals surface area contributed by atoms with Crippen molar-refractivity contribution < 1.29 is 0 Å². The highest BCUT2D eigenvalue weighted by atomic mass is 32.2. The standard InChI is InChI=1S/C14H22N2S/c1-11(10-17-2)8-15-9-13-5-3-4-12-6-7-16-14(12)13/h3-5,11,15-16H,6-10H2,1-2H3. The molecule has 2 N–H and O–H groups in total. The van der Waals surface area contributed by atoms with Gasteiger partial charge in [-0.3, -0.25) is 0 Å². The second-order valence-corrected chi connectivity index (χ2v) is 5.73. The average Bonchev–Trinajstić information content (AvgIpc) is 2.78. The molecule has 2 rings (SSSR count). The molecule has 94 valence electrons. The van der Waals surface area contributed by atoms with E-state index in [1.807, 2.05) is 11.8 Å². The third kappa shape index (κ3) is 3.39. The summed E-state index contributed by atoms with van der Waals surface area (Å²) in [5, 5.41) is 7.05. The Balaban J connectivity index is 1.85. The minimum Gasteiger partial charge on any atom is -0.384 e. The quantitative estimate of drug-likeness (QED) is 0.812. The molecule has 0 radical (unpaired) electrons. The molecule has 17 heavy (non-hydrogen) atoms. The molecular weight excluding hydrogens is 228 g/mol. The van der Waals surface area contributed by atoms with Gasteiger partial charge in [0.1, 0.15) is 0 Å². The van der Waals surface area contributed by atoms with Gasteiger partial charge in [0.05, 0.1) is 0 Å². The van der Waals surface area contributed by atoms with Crippen molar-refractivity contribution in [1.82, 2.24) is 5.32 Å². The van der Waals surface area contributed by atoms with E-state index in [0.717, 1.165) is 25.6 Å². The van der Waals surface area contributed by atoms with Crippen molar-refractivity contribution in [3.8, 4) is 0 Å². The van der Waals surface area contributed by atoms with Crippen LogP contribution < -0.4 is 10.6 Å². The first-order chi connectivity index (χ1) is 8.31. The number of hydrogen-bond donors (Lipinski definition) is 2. The molecule has 2 nitrogen and oxygen atoms in total. The minimum absolute atomic E-state index is 0.745. The van der Waals surface area contributed by atoms with Gasteiger partial charge in [-0.15, -0.1) is 0 Å². The van der Waals surface area contributed by atoms with Crippen LogP contribution in [0.15, 0.2) is 18.2 Å². The van der Waals surface area contributed by atoms with Gasteiger partial charge < -0.3 is 10.6 Å². The van der Waals surface area contributed by atoms with E-state index in [1.54, 1.807) is 0 Å². The lowest BCUT2D eigenvalue weighted by atomic mass is 10.1. The maximum Gasteiger partial charge on any atom is 0.0419 e. The molecule has 1 unspecified atom stereocenters. The van der Waals surface area contributed by atoms with Crippen molar-refractivity contribution >= 4 is 17.4 Å². The highest BCUT2D eigenvalue weighted by Gasteiger charge is 2.13. The monoisotopic (exact) mass is 250 g/mol. The Morgan fingerprint density at radius 3 is 3.18 bits per heavy atom. The molecule has 0 spiro atoms. The van der Waals surface area contributed by atoms with Crippen LogP contribution in [0.25, 0.3) is 0 Å². The van der Waals surface area contributed by atoms with Crippen molar-refractivity contribution in [2.75, 3.05) is 30.4 Å². The Morgan fingerprint density at radius 1 is 1.47 bits per heavy atom. The van der Waals surface area contributed by atoms with Crippen molar-refractivity contribution in [2.45, 2.75) is 19.9 Å². The topological polar surface area (TPSA) is 24.1 Å². The lowest BCUT2D eigenvalue weighted by molar-refractivity contribution is 0.560. The van der Waals surface area contributed by atoms with Crippen molar-refractivity contribution in [1.29, 1.82) is 0 Å². The fraction of sp³-hybridized carbons (Fsp3) is 0.571. The summed E-state index contributed by atoms with van der Waals surface area (Å²) in [5.74, 6) is 1.98. The van der Waals surface area contributed by atoms with Crippen LogP contribution in [0.1, 0.15) is 18.1 Å². The molecule has 0 amide bonds. The van der Waals surface area contributed by atoms with E-state index in [9.17, 15) is 0 Å². The number of para-hydroxylation sites is 1. The summed E-state index contributed by atoms with van der Waals surface area (Å²) in [7, 11) is 0. The SMILES string of the molecule is CSCC(C)CNCc1cccc2c1NCC2. The predicted octanol–water partition coefficient (Wildman–Crippen LogP) is 2.74. The van der Waals surface area contributed by atoms with E-state index >= 15 is 0 Å². The number of anilines is 1. The van der Waals surface area contributed by atoms with E-state index in [2.05, 4.69) is 42.0 Å². The zero-order chi connectivity index (χ0) is 12.1. The molecule has 1 aromatic carbocycles. The normalized spacial score (nSPS) is 15.4. The van der Waals surface area contributed by atoms with Gasteiger partial charge in [0.25, 0.3) is 0 Å². The van der Waals surface area contributed by atoms with Crippen LogP contribution in [-0.4, -0.2) is 25.1 Å². The van der Waals surface area contributed by atoms with Crippen LogP contribution in [0.5, 0.6) is 0 Å². The van der Waals surface area contributed by atoms with Crippen LogP contribution in [0, 0.1) is 5.92 Å². The Bertz CT molecular complexity index is 365. The molecule has 1 aromatic rings. The molecule has 0 aliphatic carbocycles. The van der Waals surface area contributed by atoms with Crippen LogP contribution in [-0.2, 0) is 13.0 Å². The minimum atomic E-state index is 0.745. The summed E-state index contributed by atoms with van der Waals surface area (Å²) >= 11 is 1.92. The summed E-state index contributed by atoms with van der Waals surface area (Å²) < 4.78 is 0. The summed E-state index contributed by atoms with van der Waals surface area (Å²) in [4.78, 5) is 0. The second-order valence-electron chi connectivity index (χ2n) is 4.82. The van der Waals surface area contributed by atoms with E-state index < -0.39 is 0 Å². The zero-order valence-corrected chi connectivity index (χ0v) is 11.6. The fourth-order valence-electron chi connectivity index (χ4n) is 2.35. The lowest BCUT2D eigenvalue weighted by Crippen LogP contribution is -2.22.